The standard InChI is InChI=1S/C13H26N2O2/c1-10(2)14(4)13(17)11(3)15-7-5-12(9-16)6-8-15/h10-12,16H,5-9H2,1-4H3. The number of likely N-dealkylation sites (tertiary alicyclic amines) is 1. The van der Waals surface area contributed by atoms with Crippen molar-refractivity contribution >= 4 is 5.91 Å². The number of carbonyl (C=O) groups is 1. The van der Waals surface area contributed by atoms with Crippen LogP contribution in [0, 0.1) is 5.92 Å². The number of rotatable bonds is 4. The maximum Gasteiger partial charge on any atom is 0.239 e. The number of piperidine rings is 1. The second kappa shape index (κ2) is 6.36. The van der Waals surface area contributed by atoms with Gasteiger partial charge in [0, 0.05) is 19.7 Å². The number of likely N-dealkylation sites (N-methyl/N-ethyl adjacent to an activating group) is 1. The fourth-order valence-corrected chi connectivity index (χ4v) is 2.23. The lowest BCUT2D eigenvalue weighted by Gasteiger charge is -2.37. The molecule has 1 heterocycles. The molecule has 1 rings (SSSR count). The molecule has 1 unspecified atom stereocenters. The summed E-state index contributed by atoms with van der Waals surface area (Å²) in [6, 6.07) is 0.210. The third-order valence-corrected chi connectivity index (χ3v) is 3.93. The fourth-order valence-electron chi connectivity index (χ4n) is 2.23. The molecule has 1 fully saturated rings. The zero-order valence-electron chi connectivity index (χ0n) is 11.5. The van der Waals surface area contributed by atoms with Crippen LogP contribution in [-0.2, 0) is 4.79 Å². The molecule has 0 aromatic carbocycles. The summed E-state index contributed by atoms with van der Waals surface area (Å²) < 4.78 is 0. The van der Waals surface area contributed by atoms with Crippen molar-refractivity contribution < 1.29 is 9.90 Å². The van der Waals surface area contributed by atoms with Crippen LogP contribution in [0.5, 0.6) is 0 Å². The lowest BCUT2D eigenvalue weighted by Crippen LogP contribution is -2.50. The fraction of sp³-hybridized carbons (Fsp3) is 0.923. The molecule has 0 bridgehead atoms. The molecule has 0 radical (unpaired) electrons. The maximum atomic E-state index is 12.2. The normalized spacial score (nSPS) is 20.6. The predicted molar refractivity (Wildman–Crippen MR) is 68.8 cm³/mol. The molecule has 0 saturated carbocycles. The summed E-state index contributed by atoms with van der Waals surface area (Å²) in [4.78, 5) is 16.2. The molecule has 100 valence electrons. The number of aliphatic hydroxyl groups is 1. The minimum absolute atomic E-state index is 0.0398. The van der Waals surface area contributed by atoms with Crippen LogP contribution < -0.4 is 0 Å². The highest BCUT2D eigenvalue weighted by Crippen LogP contribution is 2.19. The average Bonchev–Trinajstić information content (AvgIpc) is 2.36. The molecule has 17 heavy (non-hydrogen) atoms. The Morgan fingerprint density at radius 3 is 2.29 bits per heavy atom. The Morgan fingerprint density at radius 1 is 1.35 bits per heavy atom. The lowest BCUT2D eigenvalue weighted by molar-refractivity contribution is -0.137. The summed E-state index contributed by atoms with van der Waals surface area (Å²) in [5.74, 6) is 0.624. The molecule has 1 aliphatic heterocycles. The highest BCUT2D eigenvalue weighted by molar-refractivity contribution is 5.81. The van der Waals surface area contributed by atoms with E-state index in [2.05, 4.69) is 4.90 Å². The molecule has 1 atom stereocenters. The van der Waals surface area contributed by atoms with Crippen molar-refractivity contribution in [2.75, 3.05) is 26.7 Å². The van der Waals surface area contributed by atoms with Gasteiger partial charge in [-0.05, 0) is 52.6 Å². The van der Waals surface area contributed by atoms with Crippen molar-refractivity contribution in [2.45, 2.75) is 45.7 Å². The second-order valence-electron chi connectivity index (χ2n) is 5.38. The largest absolute Gasteiger partial charge is 0.396 e. The molecule has 0 aromatic rings. The van der Waals surface area contributed by atoms with Gasteiger partial charge in [0.15, 0.2) is 0 Å². The Labute approximate surface area is 105 Å². The Balaban J connectivity index is 2.48. The number of carbonyl (C=O) groups excluding carboxylic acids is 1. The number of hydrogen-bond donors (Lipinski definition) is 1. The number of hydrogen-bond acceptors (Lipinski definition) is 3. The van der Waals surface area contributed by atoms with Crippen LogP contribution in [0.15, 0.2) is 0 Å². The summed E-state index contributed by atoms with van der Waals surface area (Å²) >= 11 is 0. The first-order chi connectivity index (χ1) is 7.97. The van der Waals surface area contributed by atoms with E-state index >= 15 is 0 Å². The van der Waals surface area contributed by atoms with Gasteiger partial charge in [-0.2, -0.15) is 0 Å². The highest BCUT2D eigenvalue weighted by Gasteiger charge is 2.28. The van der Waals surface area contributed by atoms with Crippen LogP contribution in [0.1, 0.15) is 33.6 Å². The van der Waals surface area contributed by atoms with E-state index in [1.807, 2.05) is 32.7 Å². The molecular weight excluding hydrogens is 216 g/mol. The number of amides is 1. The average molecular weight is 242 g/mol. The summed E-state index contributed by atoms with van der Waals surface area (Å²) in [5, 5.41) is 9.09. The number of aliphatic hydroxyl groups excluding tert-OH is 1. The van der Waals surface area contributed by atoms with Crippen molar-refractivity contribution in [1.29, 1.82) is 0 Å². The van der Waals surface area contributed by atoms with Gasteiger partial charge in [-0.3, -0.25) is 9.69 Å². The van der Waals surface area contributed by atoms with Crippen LogP contribution in [0.2, 0.25) is 0 Å². The van der Waals surface area contributed by atoms with E-state index in [-0.39, 0.29) is 24.6 Å². The minimum atomic E-state index is -0.0398. The third-order valence-electron chi connectivity index (χ3n) is 3.93. The van der Waals surface area contributed by atoms with Gasteiger partial charge in [-0.15, -0.1) is 0 Å². The first kappa shape index (κ1) is 14.5. The zero-order valence-corrected chi connectivity index (χ0v) is 11.5. The maximum absolute atomic E-state index is 12.2. The molecular formula is C13H26N2O2. The molecule has 0 spiro atoms. The Kier molecular flexibility index (Phi) is 5.40. The molecule has 1 N–H and O–H groups in total. The van der Waals surface area contributed by atoms with Crippen LogP contribution >= 0.6 is 0 Å². The molecule has 1 saturated heterocycles. The van der Waals surface area contributed by atoms with E-state index in [0.717, 1.165) is 25.9 Å². The summed E-state index contributed by atoms with van der Waals surface area (Å²) in [6.45, 7) is 8.17. The monoisotopic (exact) mass is 242 g/mol. The van der Waals surface area contributed by atoms with Crippen LogP contribution in [0.4, 0.5) is 0 Å². The van der Waals surface area contributed by atoms with Gasteiger partial charge < -0.3 is 10.0 Å². The molecule has 4 nitrogen and oxygen atoms in total. The summed E-state index contributed by atoms with van der Waals surface area (Å²) in [5.41, 5.74) is 0. The van der Waals surface area contributed by atoms with Crippen molar-refractivity contribution in [1.82, 2.24) is 9.80 Å². The third kappa shape index (κ3) is 3.68. The van der Waals surface area contributed by atoms with E-state index in [0.29, 0.717) is 5.92 Å². The SMILES string of the molecule is CC(C(=O)N(C)C(C)C)N1CCC(CO)CC1. The number of nitrogens with zero attached hydrogens (tertiary/aromatic N) is 2. The van der Waals surface area contributed by atoms with Crippen LogP contribution in [0.3, 0.4) is 0 Å². The molecule has 1 amide bonds. The molecule has 1 aliphatic rings. The van der Waals surface area contributed by atoms with Crippen LogP contribution in [0.25, 0.3) is 0 Å². The van der Waals surface area contributed by atoms with Gasteiger partial charge >= 0.3 is 0 Å². The summed E-state index contributed by atoms with van der Waals surface area (Å²) in [6.07, 6.45) is 2.00. The predicted octanol–water partition coefficient (Wildman–Crippen LogP) is 0.946. The Morgan fingerprint density at radius 2 is 1.88 bits per heavy atom. The van der Waals surface area contributed by atoms with Crippen LogP contribution in [-0.4, -0.2) is 59.6 Å². The van der Waals surface area contributed by atoms with Gasteiger partial charge in [0.05, 0.1) is 6.04 Å². The topological polar surface area (TPSA) is 43.8 Å². The second-order valence-corrected chi connectivity index (χ2v) is 5.38. The van der Waals surface area contributed by atoms with Crippen molar-refractivity contribution in [3.63, 3.8) is 0 Å². The van der Waals surface area contributed by atoms with Gasteiger partial charge in [0.2, 0.25) is 5.91 Å². The van der Waals surface area contributed by atoms with Gasteiger partial charge in [0.1, 0.15) is 0 Å². The Hall–Kier alpha value is -0.610. The first-order valence-corrected chi connectivity index (χ1v) is 6.59. The van der Waals surface area contributed by atoms with Crippen molar-refractivity contribution in [3.05, 3.63) is 0 Å². The molecule has 4 heteroatoms. The Bertz CT molecular complexity index is 248. The van der Waals surface area contributed by atoms with E-state index in [1.165, 1.54) is 0 Å². The van der Waals surface area contributed by atoms with Gasteiger partial charge in [-0.1, -0.05) is 0 Å². The van der Waals surface area contributed by atoms with E-state index in [4.69, 9.17) is 5.11 Å². The minimum Gasteiger partial charge on any atom is -0.396 e. The van der Waals surface area contributed by atoms with Gasteiger partial charge in [0.25, 0.3) is 0 Å². The molecule has 0 aliphatic carbocycles. The van der Waals surface area contributed by atoms with E-state index < -0.39 is 0 Å². The van der Waals surface area contributed by atoms with E-state index in [1.54, 1.807) is 0 Å². The van der Waals surface area contributed by atoms with E-state index in [9.17, 15) is 4.79 Å². The lowest BCUT2D eigenvalue weighted by atomic mass is 9.96. The molecule has 0 aromatic heterocycles. The summed E-state index contributed by atoms with van der Waals surface area (Å²) in [7, 11) is 1.87. The van der Waals surface area contributed by atoms with Crippen molar-refractivity contribution in [2.24, 2.45) is 5.92 Å². The quantitative estimate of drug-likeness (QED) is 0.798. The first-order valence-electron chi connectivity index (χ1n) is 6.59. The highest BCUT2D eigenvalue weighted by atomic mass is 16.3. The van der Waals surface area contributed by atoms with Crippen molar-refractivity contribution in [3.8, 4) is 0 Å². The smallest absolute Gasteiger partial charge is 0.239 e. The zero-order chi connectivity index (χ0) is 13.0. The van der Waals surface area contributed by atoms with Gasteiger partial charge in [-0.25, -0.2) is 0 Å².